The molecular formula is C21H19N3O3. The van der Waals surface area contributed by atoms with Crippen LogP contribution in [0.4, 0.5) is 0 Å². The number of para-hydroxylation sites is 1. The van der Waals surface area contributed by atoms with Crippen molar-refractivity contribution in [2.24, 2.45) is 0 Å². The molecule has 2 N–H and O–H groups in total. The van der Waals surface area contributed by atoms with Crippen molar-refractivity contribution in [3.05, 3.63) is 65.4 Å². The number of aromatic hydroxyl groups is 1. The van der Waals surface area contributed by atoms with Crippen molar-refractivity contribution in [1.29, 1.82) is 0 Å². The summed E-state index contributed by atoms with van der Waals surface area (Å²) in [4.78, 5) is 32.5. The van der Waals surface area contributed by atoms with Crippen LogP contribution in [0.3, 0.4) is 0 Å². The lowest BCUT2D eigenvalue weighted by Crippen LogP contribution is -2.62. The zero-order valence-electron chi connectivity index (χ0n) is 14.8. The molecular weight excluding hydrogens is 342 g/mol. The number of amides is 2. The maximum absolute atomic E-state index is 12.9. The van der Waals surface area contributed by atoms with Crippen LogP contribution in [0.2, 0.25) is 0 Å². The number of piperazine rings is 1. The van der Waals surface area contributed by atoms with Gasteiger partial charge in [0.25, 0.3) is 0 Å². The number of likely N-dealkylation sites (N-methyl/N-ethyl adjacent to an activating group) is 1. The van der Waals surface area contributed by atoms with Crippen molar-refractivity contribution in [3.63, 3.8) is 0 Å². The van der Waals surface area contributed by atoms with E-state index in [1.807, 2.05) is 36.4 Å². The molecule has 6 nitrogen and oxygen atoms in total. The highest BCUT2D eigenvalue weighted by atomic mass is 16.3. The second-order valence-electron chi connectivity index (χ2n) is 7.27. The van der Waals surface area contributed by atoms with Gasteiger partial charge in [0.05, 0.1) is 12.6 Å². The van der Waals surface area contributed by atoms with Gasteiger partial charge in [-0.2, -0.15) is 0 Å². The fourth-order valence-corrected chi connectivity index (χ4v) is 4.41. The quantitative estimate of drug-likeness (QED) is 0.698. The molecule has 3 heterocycles. The van der Waals surface area contributed by atoms with Crippen molar-refractivity contribution in [3.8, 4) is 5.75 Å². The lowest BCUT2D eigenvalue weighted by molar-refractivity contribution is -0.157. The lowest BCUT2D eigenvalue weighted by atomic mass is 9.86. The number of benzene rings is 2. The van der Waals surface area contributed by atoms with Gasteiger partial charge in [-0.15, -0.1) is 0 Å². The van der Waals surface area contributed by atoms with Gasteiger partial charge in [0, 0.05) is 30.1 Å². The Kier molecular flexibility index (Phi) is 3.31. The Hall–Kier alpha value is -3.28. The van der Waals surface area contributed by atoms with Gasteiger partial charge in [-0.1, -0.05) is 30.3 Å². The largest absolute Gasteiger partial charge is 0.508 e. The fourth-order valence-electron chi connectivity index (χ4n) is 4.41. The number of nitrogens with zero attached hydrogens (tertiary/aromatic N) is 2. The molecule has 6 heteroatoms. The van der Waals surface area contributed by atoms with Gasteiger partial charge in [-0.3, -0.25) is 9.59 Å². The van der Waals surface area contributed by atoms with E-state index in [1.165, 1.54) is 4.90 Å². The third-order valence-electron chi connectivity index (χ3n) is 5.66. The molecule has 3 aromatic rings. The van der Waals surface area contributed by atoms with Crippen molar-refractivity contribution in [2.75, 3.05) is 13.6 Å². The van der Waals surface area contributed by atoms with Crippen LogP contribution in [0.1, 0.15) is 22.9 Å². The first-order chi connectivity index (χ1) is 13.0. The summed E-state index contributed by atoms with van der Waals surface area (Å²) in [6.07, 6.45) is 0.503. The molecule has 0 saturated carbocycles. The van der Waals surface area contributed by atoms with Crippen LogP contribution >= 0.6 is 0 Å². The summed E-state index contributed by atoms with van der Waals surface area (Å²) in [5.41, 5.74) is 3.90. The van der Waals surface area contributed by atoms with E-state index >= 15 is 0 Å². The minimum Gasteiger partial charge on any atom is -0.508 e. The molecule has 2 aliphatic rings. The van der Waals surface area contributed by atoms with E-state index in [4.69, 9.17) is 0 Å². The Morgan fingerprint density at radius 2 is 1.81 bits per heavy atom. The van der Waals surface area contributed by atoms with Crippen LogP contribution < -0.4 is 0 Å². The normalized spacial score (nSPS) is 22.1. The van der Waals surface area contributed by atoms with Crippen molar-refractivity contribution < 1.29 is 14.7 Å². The number of rotatable bonds is 1. The third kappa shape index (κ3) is 2.26. The third-order valence-corrected chi connectivity index (χ3v) is 5.66. The highest BCUT2D eigenvalue weighted by molar-refractivity contribution is 5.97. The molecule has 1 fully saturated rings. The number of aromatic nitrogens is 1. The Morgan fingerprint density at radius 1 is 1.07 bits per heavy atom. The van der Waals surface area contributed by atoms with Crippen LogP contribution in [0, 0.1) is 0 Å². The number of fused-ring (bicyclic) bond motifs is 4. The maximum Gasteiger partial charge on any atom is 0.245 e. The number of phenols is 1. The number of phenolic OH excluding ortho intramolecular Hbond substituents is 1. The predicted molar refractivity (Wildman–Crippen MR) is 100 cm³/mol. The van der Waals surface area contributed by atoms with Crippen molar-refractivity contribution in [2.45, 2.75) is 18.5 Å². The fraction of sp³-hybridized carbons (Fsp3) is 0.238. The summed E-state index contributed by atoms with van der Waals surface area (Å²) in [5.74, 6) is 0.0718. The van der Waals surface area contributed by atoms with Gasteiger partial charge in [0.2, 0.25) is 11.8 Å². The SMILES string of the molecule is CN1CC(=O)N2C(Cc3c([nH]c4ccccc34)C2c2ccc(O)cc2)C1=O. The monoisotopic (exact) mass is 361 g/mol. The van der Waals surface area contributed by atoms with E-state index in [0.29, 0.717) is 6.42 Å². The van der Waals surface area contributed by atoms with Gasteiger partial charge in [0.1, 0.15) is 11.8 Å². The molecule has 0 bridgehead atoms. The first-order valence-corrected chi connectivity index (χ1v) is 8.99. The van der Waals surface area contributed by atoms with Gasteiger partial charge >= 0.3 is 0 Å². The van der Waals surface area contributed by atoms with E-state index in [1.54, 1.807) is 24.1 Å². The van der Waals surface area contributed by atoms with Crippen LogP contribution in [0.15, 0.2) is 48.5 Å². The van der Waals surface area contributed by atoms with E-state index in [9.17, 15) is 14.7 Å². The van der Waals surface area contributed by atoms with Crippen molar-refractivity contribution >= 4 is 22.7 Å². The predicted octanol–water partition coefficient (Wildman–Crippen LogP) is 2.19. The summed E-state index contributed by atoms with van der Waals surface area (Å²) >= 11 is 0. The molecule has 2 atom stereocenters. The lowest BCUT2D eigenvalue weighted by Gasteiger charge is -2.46. The first kappa shape index (κ1) is 15.9. The summed E-state index contributed by atoms with van der Waals surface area (Å²) < 4.78 is 0. The zero-order chi connectivity index (χ0) is 18.7. The summed E-state index contributed by atoms with van der Waals surface area (Å²) in [5, 5.41) is 10.8. The first-order valence-electron chi connectivity index (χ1n) is 8.99. The number of carbonyl (C=O) groups is 2. The van der Waals surface area contributed by atoms with E-state index in [2.05, 4.69) is 4.98 Å². The van der Waals surface area contributed by atoms with E-state index in [-0.39, 0.29) is 30.2 Å². The molecule has 5 rings (SSSR count). The molecule has 2 aromatic carbocycles. The van der Waals surface area contributed by atoms with Crippen LogP contribution in [-0.2, 0) is 16.0 Å². The maximum atomic E-state index is 12.9. The Bertz CT molecular complexity index is 1070. The molecule has 0 spiro atoms. The van der Waals surface area contributed by atoms with E-state index < -0.39 is 6.04 Å². The second kappa shape index (κ2) is 5.61. The Balaban J connectivity index is 1.76. The number of H-pyrrole nitrogens is 1. The molecule has 0 aliphatic carbocycles. The van der Waals surface area contributed by atoms with Crippen molar-refractivity contribution in [1.82, 2.24) is 14.8 Å². The summed E-state index contributed by atoms with van der Waals surface area (Å²) in [7, 11) is 1.68. The molecule has 1 aromatic heterocycles. The van der Waals surface area contributed by atoms with Gasteiger partial charge in [0.15, 0.2) is 0 Å². The van der Waals surface area contributed by atoms with Gasteiger partial charge in [-0.25, -0.2) is 0 Å². The average Bonchev–Trinajstić information content (AvgIpc) is 3.04. The number of hydrogen-bond donors (Lipinski definition) is 2. The topological polar surface area (TPSA) is 76.6 Å². The average molecular weight is 361 g/mol. The standard InChI is InChI=1S/C21H19N3O3/c1-23-11-18(26)24-17(21(23)27)10-15-14-4-2-3-5-16(14)22-19(15)20(24)12-6-8-13(25)9-7-12/h2-9,17,20,22,25H,10-11H2,1H3. The molecule has 1 saturated heterocycles. The van der Waals surface area contributed by atoms with Crippen LogP contribution in [0.5, 0.6) is 5.75 Å². The minimum atomic E-state index is -0.512. The Morgan fingerprint density at radius 3 is 2.59 bits per heavy atom. The van der Waals surface area contributed by atoms with Crippen LogP contribution in [-0.4, -0.2) is 51.3 Å². The summed E-state index contributed by atoms with van der Waals surface area (Å²) in [6, 6.07) is 14.0. The molecule has 136 valence electrons. The molecule has 2 aliphatic heterocycles. The zero-order valence-corrected chi connectivity index (χ0v) is 14.8. The number of carbonyl (C=O) groups excluding carboxylic acids is 2. The smallest absolute Gasteiger partial charge is 0.245 e. The van der Waals surface area contributed by atoms with Gasteiger partial charge in [-0.05, 0) is 29.3 Å². The summed E-state index contributed by atoms with van der Waals surface area (Å²) in [6.45, 7) is 0.0828. The number of aromatic amines is 1. The highest BCUT2D eigenvalue weighted by Gasteiger charge is 2.47. The second-order valence-corrected chi connectivity index (χ2v) is 7.27. The molecule has 2 unspecified atom stereocenters. The number of nitrogens with one attached hydrogen (secondary N) is 1. The number of hydrogen-bond acceptors (Lipinski definition) is 3. The molecule has 0 radical (unpaired) electrons. The highest BCUT2D eigenvalue weighted by Crippen LogP contribution is 2.42. The minimum absolute atomic E-state index is 0.0330. The van der Waals surface area contributed by atoms with Crippen LogP contribution in [0.25, 0.3) is 10.9 Å². The Labute approximate surface area is 156 Å². The van der Waals surface area contributed by atoms with Gasteiger partial charge < -0.3 is 19.9 Å². The molecule has 27 heavy (non-hydrogen) atoms. The van der Waals surface area contributed by atoms with E-state index in [0.717, 1.165) is 27.7 Å². The molecule has 2 amide bonds.